The van der Waals surface area contributed by atoms with E-state index in [1.54, 1.807) is 0 Å². The summed E-state index contributed by atoms with van der Waals surface area (Å²) in [6, 6.07) is 10.7. The SMILES string of the molecule is CCn1nccc1CNCc1ccc(N(C)C)cc1.Cl.Cl. The van der Waals surface area contributed by atoms with Gasteiger partial charge in [0.2, 0.25) is 0 Å². The van der Waals surface area contributed by atoms with Crippen molar-refractivity contribution in [3.05, 3.63) is 47.8 Å². The summed E-state index contributed by atoms with van der Waals surface area (Å²) in [6.45, 7) is 4.75. The summed E-state index contributed by atoms with van der Waals surface area (Å²) in [4.78, 5) is 2.11. The molecule has 0 saturated carbocycles. The predicted molar refractivity (Wildman–Crippen MR) is 93.7 cm³/mol. The first kappa shape index (κ1) is 19.8. The van der Waals surface area contributed by atoms with Gasteiger partial charge >= 0.3 is 0 Å². The number of aromatic nitrogens is 2. The molecule has 1 N–H and O–H groups in total. The highest BCUT2D eigenvalue weighted by molar-refractivity contribution is 5.85. The lowest BCUT2D eigenvalue weighted by molar-refractivity contribution is 0.581. The first-order chi connectivity index (χ1) is 9.20. The van der Waals surface area contributed by atoms with Crippen molar-refractivity contribution in [2.24, 2.45) is 0 Å². The van der Waals surface area contributed by atoms with Gasteiger partial charge in [0, 0.05) is 45.6 Å². The normalized spacial score (nSPS) is 9.67. The smallest absolute Gasteiger partial charge is 0.0522 e. The lowest BCUT2D eigenvalue weighted by Gasteiger charge is -2.13. The molecule has 0 saturated heterocycles. The van der Waals surface area contributed by atoms with Crippen LogP contribution in [-0.4, -0.2) is 23.9 Å². The number of hydrogen-bond donors (Lipinski definition) is 1. The minimum atomic E-state index is 0. The highest BCUT2D eigenvalue weighted by Gasteiger charge is 2.00. The van der Waals surface area contributed by atoms with Gasteiger partial charge in [-0.05, 0) is 30.7 Å². The number of nitrogens with one attached hydrogen (secondary N) is 1. The van der Waals surface area contributed by atoms with Crippen LogP contribution in [0, 0.1) is 0 Å². The van der Waals surface area contributed by atoms with E-state index in [0.29, 0.717) is 0 Å². The Labute approximate surface area is 139 Å². The van der Waals surface area contributed by atoms with Crippen molar-refractivity contribution in [2.45, 2.75) is 26.6 Å². The monoisotopic (exact) mass is 330 g/mol. The van der Waals surface area contributed by atoms with Gasteiger partial charge in [-0.15, -0.1) is 24.8 Å². The van der Waals surface area contributed by atoms with E-state index in [4.69, 9.17) is 0 Å². The van der Waals surface area contributed by atoms with Gasteiger partial charge in [0.05, 0.1) is 5.69 Å². The van der Waals surface area contributed by atoms with Gasteiger partial charge in [-0.25, -0.2) is 0 Å². The third-order valence-electron chi connectivity index (χ3n) is 3.19. The molecule has 0 bridgehead atoms. The maximum atomic E-state index is 4.26. The molecule has 2 rings (SSSR count). The summed E-state index contributed by atoms with van der Waals surface area (Å²) in [5.41, 5.74) is 3.76. The highest BCUT2D eigenvalue weighted by atomic mass is 35.5. The molecule has 1 aromatic heterocycles. The number of benzene rings is 1. The maximum Gasteiger partial charge on any atom is 0.0522 e. The molecule has 0 unspecified atom stereocenters. The van der Waals surface area contributed by atoms with Crippen molar-refractivity contribution in [3.63, 3.8) is 0 Å². The van der Waals surface area contributed by atoms with Crippen LogP contribution in [0.1, 0.15) is 18.2 Å². The molecule has 0 aliphatic carbocycles. The van der Waals surface area contributed by atoms with Gasteiger partial charge < -0.3 is 10.2 Å². The van der Waals surface area contributed by atoms with Crippen LogP contribution in [0.4, 0.5) is 5.69 Å². The van der Waals surface area contributed by atoms with E-state index in [9.17, 15) is 0 Å². The number of anilines is 1. The van der Waals surface area contributed by atoms with E-state index in [1.165, 1.54) is 16.9 Å². The molecule has 4 nitrogen and oxygen atoms in total. The van der Waals surface area contributed by atoms with Crippen LogP contribution < -0.4 is 10.2 Å². The van der Waals surface area contributed by atoms with Crippen LogP contribution in [0.15, 0.2) is 36.5 Å². The van der Waals surface area contributed by atoms with E-state index in [-0.39, 0.29) is 24.8 Å². The molecule has 0 atom stereocenters. The van der Waals surface area contributed by atoms with E-state index < -0.39 is 0 Å². The third-order valence-corrected chi connectivity index (χ3v) is 3.19. The summed E-state index contributed by atoms with van der Waals surface area (Å²) in [5.74, 6) is 0. The lowest BCUT2D eigenvalue weighted by atomic mass is 10.2. The summed E-state index contributed by atoms with van der Waals surface area (Å²) in [5, 5.41) is 7.72. The van der Waals surface area contributed by atoms with Gasteiger partial charge in [-0.3, -0.25) is 4.68 Å². The Bertz CT molecular complexity index is 509. The molecule has 6 heteroatoms. The van der Waals surface area contributed by atoms with Crippen LogP contribution >= 0.6 is 24.8 Å². The van der Waals surface area contributed by atoms with Crippen LogP contribution in [0.5, 0.6) is 0 Å². The van der Waals surface area contributed by atoms with Gasteiger partial charge in [0.25, 0.3) is 0 Å². The van der Waals surface area contributed by atoms with Crippen LogP contribution in [-0.2, 0) is 19.6 Å². The Morgan fingerprint density at radius 2 is 1.71 bits per heavy atom. The molecule has 118 valence electrons. The standard InChI is InChI=1S/C15H22N4.2ClH/c1-4-19-15(9-10-17-19)12-16-11-13-5-7-14(8-6-13)18(2)3;;/h5-10,16H,4,11-12H2,1-3H3;2*1H. The van der Waals surface area contributed by atoms with Crippen LogP contribution in [0.25, 0.3) is 0 Å². The first-order valence-corrected chi connectivity index (χ1v) is 6.68. The second-order valence-corrected chi connectivity index (χ2v) is 4.80. The molecule has 0 spiro atoms. The zero-order valence-electron chi connectivity index (χ0n) is 12.7. The van der Waals surface area contributed by atoms with Gasteiger partial charge in [-0.2, -0.15) is 5.10 Å². The molecule has 21 heavy (non-hydrogen) atoms. The summed E-state index contributed by atoms with van der Waals surface area (Å²) < 4.78 is 2.02. The number of nitrogens with zero attached hydrogens (tertiary/aromatic N) is 3. The van der Waals surface area contributed by atoms with Crippen molar-refractivity contribution in [1.82, 2.24) is 15.1 Å². The van der Waals surface area contributed by atoms with Gasteiger partial charge in [0.1, 0.15) is 0 Å². The van der Waals surface area contributed by atoms with Crippen molar-refractivity contribution >= 4 is 30.5 Å². The van der Waals surface area contributed by atoms with Crippen molar-refractivity contribution in [1.29, 1.82) is 0 Å². The Kier molecular flexibility index (Phi) is 9.09. The fraction of sp³-hybridized carbons (Fsp3) is 0.400. The molecule has 0 amide bonds. The van der Waals surface area contributed by atoms with Crippen molar-refractivity contribution in [3.8, 4) is 0 Å². The zero-order chi connectivity index (χ0) is 13.7. The largest absolute Gasteiger partial charge is 0.378 e. The number of hydrogen-bond acceptors (Lipinski definition) is 3. The molecule has 0 aliphatic rings. The molecule has 0 aliphatic heterocycles. The maximum absolute atomic E-state index is 4.26. The molecular weight excluding hydrogens is 307 g/mol. The summed E-state index contributed by atoms with van der Waals surface area (Å²) in [6.07, 6.45) is 1.85. The van der Waals surface area contributed by atoms with Crippen molar-refractivity contribution < 1.29 is 0 Å². The zero-order valence-corrected chi connectivity index (χ0v) is 14.4. The second kappa shape index (κ2) is 9.66. The Morgan fingerprint density at radius 3 is 2.29 bits per heavy atom. The first-order valence-electron chi connectivity index (χ1n) is 6.68. The molecule has 2 aromatic rings. The summed E-state index contributed by atoms with van der Waals surface area (Å²) >= 11 is 0. The Hall–Kier alpha value is -1.23. The van der Waals surface area contributed by atoms with E-state index in [0.717, 1.165) is 19.6 Å². The van der Waals surface area contributed by atoms with E-state index in [1.807, 2.05) is 10.9 Å². The Morgan fingerprint density at radius 1 is 1.05 bits per heavy atom. The average molecular weight is 331 g/mol. The predicted octanol–water partition coefficient (Wildman–Crippen LogP) is 3.10. The Balaban J connectivity index is 0.00000200. The average Bonchev–Trinajstić information content (AvgIpc) is 2.87. The molecule has 1 aromatic carbocycles. The number of halogens is 2. The van der Waals surface area contributed by atoms with Gasteiger partial charge in [0.15, 0.2) is 0 Å². The van der Waals surface area contributed by atoms with Crippen LogP contribution in [0.3, 0.4) is 0 Å². The molecular formula is C15H24Cl2N4. The molecule has 0 radical (unpaired) electrons. The molecule has 1 heterocycles. The highest BCUT2D eigenvalue weighted by Crippen LogP contribution is 2.12. The minimum Gasteiger partial charge on any atom is -0.378 e. The van der Waals surface area contributed by atoms with Crippen molar-refractivity contribution in [2.75, 3.05) is 19.0 Å². The quantitative estimate of drug-likeness (QED) is 0.883. The second-order valence-electron chi connectivity index (χ2n) is 4.80. The lowest BCUT2D eigenvalue weighted by Crippen LogP contribution is -2.16. The number of rotatable bonds is 6. The third kappa shape index (κ3) is 5.58. The van der Waals surface area contributed by atoms with Gasteiger partial charge in [-0.1, -0.05) is 12.1 Å². The fourth-order valence-electron chi connectivity index (χ4n) is 2.04. The van der Waals surface area contributed by atoms with E-state index in [2.05, 4.69) is 66.7 Å². The minimum absolute atomic E-state index is 0. The van der Waals surface area contributed by atoms with E-state index >= 15 is 0 Å². The van der Waals surface area contributed by atoms with Crippen LogP contribution in [0.2, 0.25) is 0 Å². The molecule has 0 fully saturated rings. The summed E-state index contributed by atoms with van der Waals surface area (Å²) in [7, 11) is 4.11. The topological polar surface area (TPSA) is 33.1 Å². The fourth-order valence-corrected chi connectivity index (χ4v) is 2.04. The number of aryl methyl sites for hydroxylation is 1.